The summed E-state index contributed by atoms with van der Waals surface area (Å²) in [7, 11) is 0. The van der Waals surface area contributed by atoms with E-state index < -0.39 is 0 Å². The van der Waals surface area contributed by atoms with Crippen LogP contribution in [0.3, 0.4) is 0 Å². The number of piperidine rings is 1. The summed E-state index contributed by atoms with van der Waals surface area (Å²) in [5.41, 5.74) is 6.59. The van der Waals surface area contributed by atoms with Crippen molar-refractivity contribution in [3.63, 3.8) is 0 Å². The number of nitrogens with two attached hydrogens (primary N) is 1. The van der Waals surface area contributed by atoms with Gasteiger partial charge in [0, 0.05) is 24.8 Å². The van der Waals surface area contributed by atoms with Crippen LogP contribution in [0.15, 0.2) is 18.2 Å². The van der Waals surface area contributed by atoms with Gasteiger partial charge in [0.15, 0.2) is 0 Å². The Labute approximate surface area is 126 Å². The monoisotopic (exact) mass is 288 g/mol. The number of pyridine rings is 1. The summed E-state index contributed by atoms with van der Waals surface area (Å²) in [6.07, 6.45) is 4.18. The Kier molecular flexibility index (Phi) is 4.10. The van der Waals surface area contributed by atoms with Gasteiger partial charge in [-0.25, -0.2) is 4.98 Å². The van der Waals surface area contributed by atoms with E-state index in [-0.39, 0.29) is 11.9 Å². The molecule has 0 radical (unpaired) electrons. The molecule has 0 unspecified atom stereocenters. The molecule has 1 aromatic rings. The number of hydrogen-bond acceptors (Lipinski definition) is 4. The Hall–Kier alpha value is -1.62. The van der Waals surface area contributed by atoms with E-state index in [0.717, 1.165) is 56.8 Å². The van der Waals surface area contributed by atoms with Crippen molar-refractivity contribution in [2.24, 2.45) is 5.73 Å². The van der Waals surface area contributed by atoms with E-state index in [1.807, 2.05) is 13.0 Å². The molecule has 2 aliphatic rings. The highest BCUT2D eigenvalue weighted by molar-refractivity contribution is 5.80. The van der Waals surface area contributed by atoms with Gasteiger partial charge in [-0.3, -0.25) is 9.69 Å². The van der Waals surface area contributed by atoms with Crippen LogP contribution in [0.5, 0.6) is 0 Å². The zero-order chi connectivity index (χ0) is 14.8. The molecule has 3 heterocycles. The Balaban J connectivity index is 1.61. The van der Waals surface area contributed by atoms with Crippen molar-refractivity contribution in [2.45, 2.75) is 44.7 Å². The van der Waals surface area contributed by atoms with Crippen LogP contribution in [0.2, 0.25) is 0 Å². The molecular formula is C16H24N4O. The van der Waals surface area contributed by atoms with Crippen LogP contribution in [-0.2, 0) is 4.79 Å². The number of anilines is 1. The van der Waals surface area contributed by atoms with Crippen LogP contribution >= 0.6 is 0 Å². The minimum atomic E-state index is -0.157. The maximum absolute atomic E-state index is 11.5. The van der Waals surface area contributed by atoms with Crippen LogP contribution in [0, 0.1) is 6.92 Å². The van der Waals surface area contributed by atoms with Crippen molar-refractivity contribution in [1.82, 2.24) is 9.88 Å². The largest absolute Gasteiger partial charge is 0.368 e. The van der Waals surface area contributed by atoms with E-state index in [0.29, 0.717) is 6.04 Å². The first-order chi connectivity index (χ1) is 10.1. The smallest absolute Gasteiger partial charge is 0.234 e. The van der Waals surface area contributed by atoms with Gasteiger partial charge in [-0.15, -0.1) is 0 Å². The Morgan fingerprint density at radius 3 is 2.67 bits per heavy atom. The first-order valence-corrected chi connectivity index (χ1v) is 7.89. The van der Waals surface area contributed by atoms with Crippen LogP contribution in [0.1, 0.15) is 31.4 Å². The van der Waals surface area contributed by atoms with Gasteiger partial charge in [0.25, 0.3) is 0 Å². The van der Waals surface area contributed by atoms with Gasteiger partial charge in [0.2, 0.25) is 5.91 Å². The maximum Gasteiger partial charge on any atom is 0.234 e. The van der Waals surface area contributed by atoms with Crippen molar-refractivity contribution in [3.8, 4) is 0 Å². The average Bonchev–Trinajstić information content (AvgIpc) is 2.97. The fourth-order valence-corrected chi connectivity index (χ4v) is 3.66. The lowest BCUT2D eigenvalue weighted by Crippen LogP contribution is -2.50. The summed E-state index contributed by atoms with van der Waals surface area (Å²) in [5.74, 6) is 0.914. The van der Waals surface area contributed by atoms with Crippen LogP contribution in [0.25, 0.3) is 0 Å². The lowest BCUT2D eigenvalue weighted by Gasteiger charge is -2.39. The zero-order valence-corrected chi connectivity index (χ0v) is 12.7. The summed E-state index contributed by atoms with van der Waals surface area (Å²) in [6.45, 7) is 5.05. The molecular weight excluding hydrogens is 264 g/mol. The van der Waals surface area contributed by atoms with Gasteiger partial charge in [-0.05, 0) is 51.3 Å². The number of nitrogens with zero attached hydrogens (tertiary/aromatic N) is 3. The number of hydrogen-bond donors (Lipinski definition) is 1. The second-order valence-corrected chi connectivity index (χ2v) is 6.15. The molecule has 0 aliphatic carbocycles. The highest BCUT2D eigenvalue weighted by Crippen LogP contribution is 2.27. The lowest BCUT2D eigenvalue weighted by atomic mass is 10.0. The molecule has 5 nitrogen and oxygen atoms in total. The molecule has 0 spiro atoms. The summed E-state index contributed by atoms with van der Waals surface area (Å²) >= 11 is 0. The first kappa shape index (κ1) is 14.3. The number of rotatable bonds is 3. The molecule has 2 saturated heterocycles. The van der Waals surface area contributed by atoms with Crippen LogP contribution in [0.4, 0.5) is 5.82 Å². The zero-order valence-electron chi connectivity index (χ0n) is 12.7. The van der Waals surface area contributed by atoms with E-state index in [1.54, 1.807) is 0 Å². The summed E-state index contributed by atoms with van der Waals surface area (Å²) in [5, 5.41) is 0. The van der Waals surface area contributed by atoms with E-state index in [9.17, 15) is 4.79 Å². The number of carbonyl (C=O) groups is 1. The summed E-state index contributed by atoms with van der Waals surface area (Å²) in [4.78, 5) is 20.8. The highest BCUT2D eigenvalue weighted by Gasteiger charge is 2.35. The predicted octanol–water partition coefficient (Wildman–Crippen LogP) is 1.31. The van der Waals surface area contributed by atoms with E-state index in [4.69, 9.17) is 5.73 Å². The summed E-state index contributed by atoms with van der Waals surface area (Å²) in [6, 6.07) is 6.62. The quantitative estimate of drug-likeness (QED) is 0.911. The van der Waals surface area contributed by atoms with Crippen LogP contribution in [-0.4, -0.2) is 47.5 Å². The molecule has 2 aliphatic heterocycles. The van der Waals surface area contributed by atoms with Crippen molar-refractivity contribution in [1.29, 1.82) is 0 Å². The molecule has 1 atom stereocenters. The number of likely N-dealkylation sites (tertiary alicyclic amines) is 1. The Morgan fingerprint density at radius 2 is 2.00 bits per heavy atom. The van der Waals surface area contributed by atoms with Gasteiger partial charge >= 0.3 is 0 Å². The third kappa shape index (κ3) is 3.02. The number of aryl methyl sites for hydroxylation is 1. The second kappa shape index (κ2) is 6.02. The average molecular weight is 288 g/mol. The molecule has 0 bridgehead atoms. The highest BCUT2D eigenvalue weighted by atomic mass is 16.1. The molecule has 3 rings (SSSR count). The number of aromatic nitrogens is 1. The molecule has 0 saturated carbocycles. The molecule has 1 amide bonds. The van der Waals surface area contributed by atoms with Crippen molar-refractivity contribution < 1.29 is 4.79 Å². The third-order valence-corrected chi connectivity index (χ3v) is 4.75. The molecule has 1 aromatic heterocycles. The van der Waals surface area contributed by atoms with E-state index in [1.165, 1.54) is 0 Å². The first-order valence-electron chi connectivity index (χ1n) is 7.89. The van der Waals surface area contributed by atoms with Crippen molar-refractivity contribution >= 4 is 11.7 Å². The van der Waals surface area contributed by atoms with Gasteiger partial charge < -0.3 is 10.6 Å². The van der Waals surface area contributed by atoms with Gasteiger partial charge in [0.05, 0.1) is 6.04 Å². The van der Waals surface area contributed by atoms with Crippen LogP contribution < -0.4 is 10.6 Å². The number of carbonyl (C=O) groups excluding carboxylic acids is 1. The minimum Gasteiger partial charge on any atom is -0.368 e. The lowest BCUT2D eigenvalue weighted by molar-refractivity contribution is -0.123. The molecule has 5 heteroatoms. The summed E-state index contributed by atoms with van der Waals surface area (Å²) < 4.78 is 0. The van der Waals surface area contributed by atoms with E-state index in [2.05, 4.69) is 26.9 Å². The maximum atomic E-state index is 11.5. The molecule has 21 heavy (non-hydrogen) atoms. The number of amides is 1. The molecule has 2 fully saturated rings. The topological polar surface area (TPSA) is 62.5 Å². The third-order valence-electron chi connectivity index (χ3n) is 4.75. The molecule has 114 valence electrons. The predicted molar refractivity (Wildman–Crippen MR) is 83.1 cm³/mol. The fraction of sp³-hybridized carbons (Fsp3) is 0.625. The second-order valence-electron chi connectivity index (χ2n) is 6.15. The van der Waals surface area contributed by atoms with Crippen molar-refractivity contribution in [2.75, 3.05) is 24.5 Å². The van der Waals surface area contributed by atoms with Gasteiger partial charge in [0.1, 0.15) is 5.82 Å². The SMILES string of the molecule is Cc1cccc(N2CCC(N3CCC[C@H]3C(N)=O)CC2)n1. The Morgan fingerprint density at radius 1 is 1.24 bits per heavy atom. The minimum absolute atomic E-state index is 0.0429. The number of primary amides is 1. The Bertz CT molecular complexity index is 511. The fourth-order valence-electron chi connectivity index (χ4n) is 3.66. The van der Waals surface area contributed by atoms with Gasteiger partial charge in [-0.1, -0.05) is 6.07 Å². The normalized spacial score (nSPS) is 24.4. The molecule has 2 N–H and O–H groups in total. The van der Waals surface area contributed by atoms with E-state index >= 15 is 0 Å². The molecule has 0 aromatic carbocycles. The van der Waals surface area contributed by atoms with Gasteiger partial charge in [-0.2, -0.15) is 0 Å². The van der Waals surface area contributed by atoms with Crippen molar-refractivity contribution in [3.05, 3.63) is 23.9 Å². The standard InChI is InChI=1S/C16H24N4O/c1-12-4-2-6-15(18-12)19-10-7-13(8-11-19)20-9-3-5-14(20)16(17)21/h2,4,6,13-14H,3,5,7-11H2,1H3,(H2,17,21)/t14-/m0/s1.